The Morgan fingerprint density at radius 2 is 2.08 bits per heavy atom. The van der Waals surface area contributed by atoms with Gasteiger partial charge in [-0.3, -0.25) is 9.59 Å². The Morgan fingerprint density at radius 1 is 1.38 bits per heavy atom. The summed E-state index contributed by atoms with van der Waals surface area (Å²) in [5, 5.41) is 3.11. The molecular formula is C18H23ClFNO3. The van der Waals surface area contributed by atoms with Gasteiger partial charge in [0, 0.05) is 16.6 Å². The molecule has 0 aromatic heterocycles. The highest BCUT2D eigenvalue weighted by Gasteiger charge is 2.26. The maximum absolute atomic E-state index is 13.7. The van der Waals surface area contributed by atoms with E-state index in [0.29, 0.717) is 5.92 Å². The molecule has 0 radical (unpaired) electrons. The quantitative estimate of drug-likeness (QED) is 0.820. The number of esters is 1. The van der Waals surface area contributed by atoms with Gasteiger partial charge >= 0.3 is 5.97 Å². The van der Waals surface area contributed by atoms with Gasteiger partial charge in [0.2, 0.25) is 0 Å². The average molecular weight is 356 g/mol. The lowest BCUT2D eigenvalue weighted by Gasteiger charge is -2.30. The molecule has 1 saturated carbocycles. The summed E-state index contributed by atoms with van der Waals surface area (Å²) in [6, 6.07) is 4.32. The van der Waals surface area contributed by atoms with Gasteiger partial charge in [-0.25, -0.2) is 4.39 Å². The van der Waals surface area contributed by atoms with Gasteiger partial charge in [-0.05, 0) is 37.8 Å². The van der Waals surface area contributed by atoms with Crippen LogP contribution in [0.25, 0.3) is 0 Å². The average Bonchev–Trinajstić information content (AvgIpc) is 2.53. The molecule has 1 aliphatic carbocycles. The SMILES string of the molecule is C[C@@H]1CCCC[C@@H]1NC(=O)[C@@H](C)OC(=O)Cc1c(F)cccc1Cl. The molecule has 1 aromatic carbocycles. The van der Waals surface area contributed by atoms with Gasteiger partial charge in [0.05, 0.1) is 6.42 Å². The van der Waals surface area contributed by atoms with E-state index in [0.717, 1.165) is 19.3 Å². The van der Waals surface area contributed by atoms with Crippen molar-refractivity contribution in [2.75, 3.05) is 0 Å². The zero-order chi connectivity index (χ0) is 17.7. The van der Waals surface area contributed by atoms with Gasteiger partial charge in [-0.15, -0.1) is 0 Å². The number of carbonyl (C=O) groups is 2. The van der Waals surface area contributed by atoms with E-state index in [9.17, 15) is 14.0 Å². The second-order valence-corrected chi connectivity index (χ2v) is 6.79. The maximum atomic E-state index is 13.7. The van der Waals surface area contributed by atoms with Crippen molar-refractivity contribution in [1.29, 1.82) is 0 Å². The summed E-state index contributed by atoms with van der Waals surface area (Å²) in [7, 11) is 0. The van der Waals surface area contributed by atoms with Crippen molar-refractivity contribution in [2.24, 2.45) is 5.92 Å². The van der Waals surface area contributed by atoms with E-state index >= 15 is 0 Å². The molecule has 1 fully saturated rings. The maximum Gasteiger partial charge on any atom is 0.311 e. The summed E-state index contributed by atoms with van der Waals surface area (Å²) < 4.78 is 18.8. The Labute approximate surface area is 146 Å². The largest absolute Gasteiger partial charge is 0.452 e. The molecule has 1 aromatic rings. The van der Waals surface area contributed by atoms with Gasteiger partial charge in [0.25, 0.3) is 5.91 Å². The van der Waals surface area contributed by atoms with Crippen LogP contribution in [0.5, 0.6) is 0 Å². The van der Waals surface area contributed by atoms with Crippen molar-refractivity contribution in [3.8, 4) is 0 Å². The Kier molecular flexibility index (Phi) is 6.60. The standard InChI is InChI=1S/C18H23ClFNO3/c1-11-6-3-4-9-16(11)21-18(23)12(2)24-17(22)10-13-14(19)7-5-8-15(13)20/h5,7-8,11-12,16H,3-4,6,9-10H2,1-2H3,(H,21,23)/t11-,12-,16+/m1/s1. The Balaban J connectivity index is 1.87. The molecule has 0 bridgehead atoms. The molecule has 24 heavy (non-hydrogen) atoms. The van der Waals surface area contributed by atoms with E-state index in [1.165, 1.54) is 31.5 Å². The molecule has 1 amide bonds. The molecule has 0 aliphatic heterocycles. The number of amides is 1. The summed E-state index contributed by atoms with van der Waals surface area (Å²) in [6.07, 6.45) is 3.08. The Morgan fingerprint density at radius 3 is 2.75 bits per heavy atom. The predicted molar refractivity (Wildman–Crippen MR) is 90.2 cm³/mol. The number of hydrogen-bond donors (Lipinski definition) is 1. The molecule has 0 spiro atoms. The molecule has 0 unspecified atom stereocenters. The van der Waals surface area contributed by atoms with Gasteiger partial charge < -0.3 is 10.1 Å². The predicted octanol–water partition coefficient (Wildman–Crippen LogP) is 3.65. The van der Waals surface area contributed by atoms with Crippen LogP contribution in [0.1, 0.15) is 45.1 Å². The first-order valence-electron chi connectivity index (χ1n) is 8.31. The van der Waals surface area contributed by atoms with Crippen molar-refractivity contribution < 1.29 is 18.7 Å². The van der Waals surface area contributed by atoms with Crippen LogP contribution in [0.3, 0.4) is 0 Å². The third-order valence-corrected chi connectivity index (χ3v) is 4.85. The number of nitrogens with one attached hydrogen (secondary N) is 1. The monoisotopic (exact) mass is 355 g/mol. The highest BCUT2D eigenvalue weighted by molar-refractivity contribution is 6.31. The number of halogens is 2. The third-order valence-electron chi connectivity index (χ3n) is 4.50. The highest BCUT2D eigenvalue weighted by Crippen LogP contribution is 2.24. The second-order valence-electron chi connectivity index (χ2n) is 6.39. The van der Waals surface area contributed by atoms with Gasteiger partial charge in [-0.2, -0.15) is 0 Å². The lowest BCUT2D eigenvalue weighted by atomic mass is 9.86. The zero-order valence-electron chi connectivity index (χ0n) is 14.0. The molecule has 6 heteroatoms. The number of ether oxygens (including phenoxy) is 1. The normalized spacial score (nSPS) is 21.8. The molecule has 4 nitrogen and oxygen atoms in total. The van der Waals surface area contributed by atoms with E-state index in [-0.39, 0.29) is 29.0 Å². The third kappa shape index (κ3) is 4.94. The van der Waals surface area contributed by atoms with E-state index < -0.39 is 17.9 Å². The van der Waals surface area contributed by atoms with Crippen molar-refractivity contribution in [1.82, 2.24) is 5.32 Å². The van der Waals surface area contributed by atoms with E-state index in [1.807, 2.05) is 0 Å². The number of carbonyl (C=O) groups excluding carboxylic acids is 2. The summed E-state index contributed by atoms with van der Waals surface area (Å²) in [5.41, 5.74) is 0.0812. The Hall–Kier alpha value is -1.62. The zero-order valence-corrected chi connectivity index (χ0v) is 14.7. The molecule has 3 atom stereocenters. The fourth-order valence-electron chi connectivity index (χ4n) is 2.97. The van der Waals surface area contributed by atoms with E-state index in [1.54, 1.807) is 0 Å². The minimum atomic E-state index is -0.919. The minimum absolute atomic E-state index is 0.0812. The summed E-state index contributed by atoms with van der Waals surface area (Å²) in [4.78, 5) is 24.2. The van der Waals surface area contributed by atoms with Crippen LogP contribution < -0.4 is 5.32 Å². The second kappa shape index (κ2) is 8.47. The molecule has 1 aliphatic rings. The van der Waals surface area contributed by atoms with Crippen LogP contribution >= 0.6 is 11.6 Å². The van der Waals surface area contributed by atoms with Gasteiger partial charge in [0.1, 0.15) is 5.82 Å². The number of benzene rings is 1. The minimum Gasteiger partial charge on any atom is -0.452 e. The van der Waals surface area contributed by atoms with Crippen molar-refractivity contribution in [3.05, 3.63) is 34.6 Å². The van der Waals surface area contributed by atoms with Gasteiger partial charge in [0.15, 0.2) is 6.10 Å². The summed E-state index contributed by atoms with van der Waals surface area (Å²) >= 11 is 5.89. The van der Waals surface area contributed by atoms with E-state index in [4.69, 9.17) is 16.3 Å². The fourth-order valence-corrected chi connectivity index (χ4v) is 3.20. The van der Waals surface area contributed by atoms with Crippen LogP contribution in [0, 0.1) is 11.7 Å². The van der Waals surface area contributed by atoms with Crippen LogP contribution in [-0.2, 0) is 20.7 Å². The molecular weight excluding hydrogens is 333 g/mol. The number of rotatable bonds is 5. The molecule has 1 N–H and O–H groups in total. The van der Waals surface area contributed by atoms with Crippen LogP contribution in [0.2, 0.25) is 5.02 Å². The fraction of sp³-hybridized carbons (Fsp3) is 0.556. The summed E-state index contributed by atoms with van der Waals surface area (Å²) in [6.45, 7) is 3.63. The molecule has 132 valence electrons. The smallest absolute Gasteiger partial charge is 0.311 e. The highest BCUT2D eigenvalue weighted by atomic mass is 35.5. The van der Waals surface area contributed by atoms with Crippen molar-refractivity contribution >= 4 is 23.5 Å². The molecule has 2 rings (SSSR count). The van der Waals surface area contributed by atoms with Crippen molar-refractivity contribution in [2.45, 2.75) is 58.1 Å². The lowest BCUT2D eigenvalue weighted by Crippen LogP contribution is -2.46. The van der Waals surface area contributed by atoms with Crippen LogP contribution in [0.4, 0.5) is 4.39 Å². The van der Waals surface area contributed by atoms with Crippen LogP contribution in [-0.4, -0.2) is 24.0 Å². The summed E-state index contributed by atoms with van der Waals surface area (Å²) in [5.74, 6) is -1.14. The Bertz CT molecular complexity index is 588. The first kappa shape index (κ1) is 18.7. The molecule has 0 heterocycles. The molecule has 0 saturated heterocycles. The first-order valence-corrected chi connectivity index (χ1v) is 8.69. The lowest BCUT2D eigenvalue weighted by molar-refractivity contribution is -0.154. The van der Waals surface area contributed by atoms with Gasteiger partial charge in [-0.1, -0.05) is 37.4 Å². The first-order chi connectivity index (χ1) is 11.4. The van der Waals surface area contributed by atoms with E-state index in [2.05, 4.69) is 12.2 Å². The van der Waals surface area contributed by atoms with Crippen molar-refractivity contribution in [3.63, 3.8) is 0 Å². The topological polar surface area (TPSA) is 55.4 Å². The van der Waals surface area contributed by atoms with Crippen LogP contribution in [0.15, 0.2) is 18.2 Å². The number of hydrogen-bond acceptors (Lipinski definition) is 3.